The first-order valence-electron chi connectivity index (χ1n) is 19.3. The van der Waals surface area contributed by atoms with Gasteiger partial charge in [-0.15, -0.1) is 0 Å². The molecule has 6 rings (SSSR count). The van der Waals surface area contributed by atoms with Crippen molar-refractivity contribution in [1.82, 2.24) is 0 Å². The van der Waals surface area contributed by atoms with Crippen molar-refractivity contribution in [2.24, 2.45) is 0 Å². The predicted octanol–water partition coefficient (Wildman–Crippen LogP) is 14.4. The maximum absolute atomic E-state index is 15.0. The van der Waals surface area contributed by atoms with Crippen LogP contribution in [0.15, 0.2) is 127 Å². The number of rotatable bonds is 11. The molecule has 57 heavy (non-hydrogen) atoms. The second kappa shape index (κ2) is 20.9. The Kier molecular flexibility index (Phi) is 16.6. The largest absolute Gasteiger partial charge is 0.207 e. The Morgan fingerprint density at radius 1 is 0.404 bits per heavy atom. The van der Waals surface area contributed by atoms with Crippen molar-refractivity contribution >= 4 is 31.7 Å². The second-order valence-electron chi connectivity index (χ2n) is 15.6. The maximum Gasteiger partial charge on any atom is 0.154 e. The van der Waals surface area contributed by atoms with Crippen molar-refractivity contribution in [2.75, 3.05) is 0 Å². The molecule has 0 atom stereocenters. The van der Waals surface area contributed by atoms with Crippen molar-refractivity contribution in [2.45, 2.75) is 77.8 Å². The molecule has 0 aromatic heterocycles. The van der Waals surface area contributed by atoms with Gasteiger partial charge in [0.05, 0.1) is 8.07 Å². The van der Waals surface area contributed by atoms with E-state index in [0.29, 0.717) is 17.2 Å². The quantitative estimate of drug-likeness (QED) is 0.0693. The summed E-state index contributed by atoms with van der Waals surface area (Å²) < 4.78 is 81.8. The van der Waals surface area contributed by atoms with E-state index >= 15 is 0 Å². The third-order valence-electron chi connectivity index (χ3n) is 9.33. The normalized spacial score (nSPS) is 11.3. The summed E-state index contributed by atoms with van der Waals surface area (Å²) >= 11 is 6.15. The van der Waals surface area contributed by atoms with E-state index in [9.17, 15) is 26.3 Å². The zero-order valence-corrected chi connectivity index (χ0v) is 36.3. The smallest absolute Gasteiger partial charge is 0.154 e. The standard InChI is InChI=1S/C24H25F3Si.C15H14F2.C9H12ClFSi/c1-4-5-17-6-10-19(11-7-17)20-14-22(26)24(23(27)15-20)28(2,3)16-18-8-12-21(25)13-9-18;1-2-3-11-4-6-12(7-5-11)13-8-14(16)10-15(17)9-13;1-12(2,10)7-8-3-5-9(11)6-4-8/h6-15H,4-5,16H2,1-3H3;4-10H,2-3H2,1H3;3-6H,7H2,1-2H3. The van der Waals surface area contributed by atoms with Gasteiger partial charge in [0.25, 0.3) is 0 Å². The molecule has 0 saturated carbocycles. The molecule has 9 heteroatoms. The average molecular weight is 834 g/mol. The predicted molar refractivity (Wildman–Crippen MR) is 232 cm³/mol. The number of benzene rings is 6. The van der Waals surface area contributed by atoms with Crippen molar-refractivity contribution in [3.8, 4) is 22.3 Å². The van der Waals surface area contributed by atoms with Crippen LogP contribution < -0.4 is 5.19 Å². The summed E-state index contributed by atoms with van der Waals surface area (Å²) in [5, 5.41) is 0.197. The average Bonchev–Trinajstić information content (AvgIpc) is 3.13. The molecule has 0 aliphatic carbocycles. The number of halogens is 7. The Balaban J connectivity index is 0.000000210. The minimum Gasteiger partial charge on any atom is -0.207 e. The third-order valence-corrected chi connectivity index (χ3v) is 14.1. The van der Waals surface area contributed by atoms with E-state index in [1.54, 1.807) is 24.3 Å². The summed E-state index contributed by atoms with van der Waals surface area (Å²) in [6.45, 7) is 12.3. The van der Waals surface area contributed by atoms with Crippen molar-refractivity contribution in [3.63, 3.8) is 0 Å². The molecule has 0 spiro atoms. The summed E-state index contributed by atoms with van der Waals surface area (Å²) in [7, 11) is -4.01. The van der Waals surface area contributed by atoms with Gasteiger partial charge in [-0.3, -0.25) is 0 Å². The summed E-state index contributed by atoms with van der Waals surface area (Å²) in [6, 6.07) is 36.3. The maximum atomic E-state index is 15.0. The van der Waals surface area contributed by atoms with Crippen LogP contribution in [-0.2, 0) is 24.9 Å². The molecule has 0 radical (unpaired) electrons. The molecule has 300 valence electrons. The Morgan fingerprint density at radius 2 is 0.754 bits per heavy atom. The van der Waals surface area contributed by atoms with Gasteiger partial charge in [0.15, 0.2) is 7.38 Å². The minimum atomic E-state index is -2.44. The van der Waals surface area contributed by atoms with E-state index in [1.807, 2.05) is 61.6 Å². The molecule has 0 unspecified atom stereocenters. The number of hydrogen-bond acceptors (Lipinski definition) is 0. The fourth-order valence-electron chi connectivity index (χ4n) is 6.70. The highest BCUT2D eigenvalue weighted by Gasteiger charge is 2.31. The highest BCUT2D eigenvalue weighted by atomic mass is 35.6. The summed E-state index contributed by atoms with van der Waals surface area (Å²) in [4.78, 5) is 0. The lowest BCUT2D eigenvalue weighted by atomic mass is 10.0. The van der Waals surface area contributed by atoms with Crippen molar-refractivity contribution in [1.29, 1.82) is 0 Å². The minimum absolute atomic E-state index is 0.187. The first kappa shape index (κ1) is 45.3. The van der Waals surface area contributed by atoms with E-state index in [-0.39, 0.29) is 16.8 Å². The SMILES string of the molecule is CCCc1ccc(-c2cc(F)c([Si](C)(C)Cc3ccc(F)cc3)c(F)c2)cc1.CCCc1ccc(-c2cc(F)cc(F)c2)cc1.C[Si](C)(Cl)Cc1ccc(F)cc1. The molecule has 6 aromatic carbocycles. The third kappa shape index (κ3) is 14.5. The van der Waals surface area contributed by atoms with Crippen LogP contribution in [0.1, 0.15) is 48.9 Å². The van der Waals surface area contributed by atoms with E-state index in [2.05, 4.69) is 26.9 Å². The molecule has 0 saturated heterocycles. The summed E-state index contributed by atoms with van der Waals surface area (Å²) in [6.07, 6.45) is 4.17. The van der Waals surface area contributed by atoms with Gasteiger partial charge >= 0.3 is 0 Å². The van der Waals surface area contributed by atoms with Crippen molar-refractivity contribution in [3.05, 3.63) is 185 Å². The monoisotopic (exact) mass is 832 g/mol. The zero-order chi connectivity index (χ0) is 41.8. The summed E-state index contributed by atoms with van der Waals surface area (Å²) in [5.74, 6) is -2.57. The molecule has 0 amide bonds. The number of hydrogen-bond donors (Lipinski definition) is 0. The first-order valence-corrected chi connectivity index (χ1v) is 26.7. The molecule has 0 aliphatic rings. The molecule has 6 aromatic rings. The lowest BCUT2D eigenvalue weighted by Crippen LogP contribution is -2.48. The molecular formula is C48H51ClF6Si2. The van der Waals surface area contributed by atoms with Gasteiger partial charge in [-0.25, -0.2) is 26.3 Å². The molecule has 0 fully saturated rings. The molecule has 0 N–H and O–H groups in total. The Labute approximate surface area is 341 Å². The Bertz CT molecular complexity index is 2120. The fourth-order valence-corrected chi connectivity index (χ4v) is 11.2. The van der Waals surface area contributed by atoms with Crippen molar-refractivity contribution < 1.29 is 26.3 Å². The van der Waals surface area contributed by atoms with E-state index in [1.165, 1.54) is 59.7 Å². The highest BCUT2D eigenvalue weighted by Crippen LogP contribution is 2.26. The molecule has 0 bridgehead atoms. The topological polar surface area (TPSA) is 0 Å². The lowest BCUT2D eigenvalue weighted by molar-refractivity contribution is 0.584. The van der Waals surface area contributed by atoms with E-state index < -0.39 is 38.7 Å². The highest BCUT2D eigenvalue weighted by molar-refractivity contribution is 7.18. The van der Waals surface area contributed by atoms with Crippen LogP contribution in [0.25, 0.3) is 22.3 Å². The first-order chi connectivity index (χ1) is 27.0. The van der Waals surface area contributed by atoms with Gasteiger partial charge in [-0.1, -0.05) is 131 Å². The van der Waals surface area contributed by atoms with E-state index in [0.717, 1.165) is 60.0 Å². The van der Waals surface area contributed by atoms with Crippen LogP contribution in [0, 0.1) is 34.9 Å². The Morgan fingerprint density at radius 3 is 1.12 bits per heavy atom. The molecule has 0 heterocycles. The van der Waals surface area contributed by atoms with Gasteiger partial charge in [0.1, 0.15) is 34.9 Å². The van der Waals surface area contributed by atoms with Crippen LogP contribution in [-0.4, -0.2) is 15.5 Å². The van der Waals surface area contributed by atoms with Crippen LogP contribution in [0.2, 0.25) is 26.2 Å². The molecular weight excluding hydrogens is 782 g/mol. The van der Waals surface area contributed by atoms with Crippen LogP contribution in [0.3, 0.4) is 0 Å². The van der Waals surface area contributed by atoms with Gasteiger partial charge in [-0.05, 0) is 112 Å². The van der Waals surface area contributed by atoms with Gasteiger partial charge in [0.2, 0.25) is 0 Å². The zero-order valence-electron chi connectivity index (χ0n) is 33.5. The summed E-state index contributed by atoms with van der Waals surface area (Å²) in [5.41, 5.74) is 7.25. The Hall–Kier alpha value is -4.38. The fraction of sp³-hybridized carbons (Fsp3) is 0.250. The second-order valence-corrected chi connectivity index (χ2v) is 27.1. The molecule has 0 nitrogen and oxygen atoms in total. The van der Waals surface area contributed by atoms with Crippen LogP contribution >= 0.6 is 11.1 Å². The van der Waals surface area contributed by atoms with Gasteiger partial charge < -0.3 is 0 Å². The molecule has 0 aliphatic heterocycles. The van der Waals surface area contributed by atoms with E-state index in [4.69, 9.17) is 11.1 Å². The van der Waals surface area contributed by atoms with Gasteiger partial charge in [-0.2, -0.15) is 11.1 Å². The van der Waals surface area contributed by atoms with Gasteiger partial charge in [0, 0.05) is 11.3 Å². The lowest BCUT2D eigenvalue weighted by Gasteiger charge is -2.25. The van der Waals surface area contributed by atoms with Crippen LogP contribution in [0.5, 0.6) is 0 Å². The number of aryl methyl sites for hydroxylation is 2. The van der Waals surface area contributed by atoms with Crippen LogP contribution in [0.4, 0.5) is 26.3 Å².